The highest BCUT2D eigenvalue weighted by Gasteiger charge is 2.47. The number of hydrogen-bond donors (Lipinski definition) is 3. The molecular weight excluding hydrogens is 282 g/mol. The lowest BCUT2D eigenvalue weighted by Crippen LogP contribution is -2.50. The molecule has 6 nitrogen and oxygen atoms in total. The zero-order valence-corrected chi connectivity index (χ0v) is 12.4. The predicted octanol–water partition coefficient (Wildman–Crippen LogP) is 0.784. The first-order valence-corrected chi connectivity index (χ1v) is 8.17. The third-order valence-electron chi connectivity index (χ3n) is 5.45. The number of H-pyrrole nitrogens is 1. The van der Waals surface area contributed by atoms with Crippen LogP contribution in [0.25, 0.3) is 0 Å². The maximum absolute atomic E-state index is 12.4. The molecule has 3 aliphatic carbocycles. The molecule has 0 bridgehead atoms. The van der Waals surface area contributed by atoms with Gasteiger partial charge in [0.25, 0.3) is 11.5 Å². The number of fused-ring (bicyclic) bond motifs is 1. The number of rotatable bonds is 4. The minimum Gasteiger partial charge on any atom is -0.396 e. The minimum atomic E-state index is -0.255. The first-order valence-electron chi connectivity index (χ1n) is 8.17. The maximum atomic E-state index is 12.4. The van der Waals surface area contributed by atoms with E-state index in [1.165, 1.54) is 6.07 Å². The van der Waals surface area contributed by atoms with Gasteiger partial charge in [-0.3, -0.25) is 9.59 Å². The molecule has 4 atom stereocenters. The second kappa shape index (κ2) is 5.19. The number of carbonyl (C=O) groups excluding carboxylic acids is 1. The summed E-state index contributed by atoms with van der Waals surface area (Å²) in [4.78, 5) is 31.1. The van der Waals surface area contributed by atoms with E-state index in [1.54, 1.807) is 0 Å². The van der Waals surface area contributed by atoms with E-state index in [1.807, 2.05) is 0 Å². The summed E-state index contributed by atoms with van der Waals surface area (Å²) in [5.41, 5.74) is -0.0273. The van der Waals surface area contributed by atoms with Gasteiger partial charge in [0.1, 0.15) is 11.5 Å². The Hall–Kier alpha value is -1.69. The van der Waals surface area contributed by atoms with Crippen LogP contribution in [0.3, 0.4) is 0 Å². The van der Waals surface area contributed by atoms with E-state index < -0.39 is 0 Å². The average molecular weight is 303 g/mol. The van der Waals surface area contributed by atoms with Gasteiger partial charge in [0.05, 0.1) is 0 Å². The Labute approximate surface area is 128 Å². The molecule has 1 unspecified atom stereocenters. The smallest absolute Gasteiger partial charge is 0.270 e. The van der Waals surface area contributed by atoms with Crippen LogP contribution in [0.15, 0.2) is 10.9 Å². The molecule has 4 rings (SSSR count). The molecule has 6 heteroatoms. The van der Waals surface area contributed by atoms with Gasteiger partial charge in [-0.1, -0.05) is 0 Å². The number of aliphatic hydroxyl groups is 1. The van der Waals surface area contributed by atoms with Crippen molar-refractivity contribution in [3.05, 3.63) is 27.9 Å². The number of amides is 1. The van der Waals surface area contributed by atoms with Gasteiger partial charge in [-0.2, -0.15) is 0 Å². The fraction of sp³-hybridized carbons (Fsp3) is 0.688. The van der Waals surface area contributed by atoms with Crippen LogP contribution in [0.1, 0.15) is 54.3 Å². The Morgan fingerprint density at radius 1 is 1.36 bits per heavy atom. The topological polar surface area (TPSA) is 95.1 Å². The predicted molar refractivity (Wildman–Crippen MR) is 79.5 cm³/mol. The SMILES string of the molecule is O=C(N[C@H]1C[C@H]2CC(CO)C[C@H]21)c1cc(=O)[nH]c(C2CC2)n1. The number of carbonyl (C=O) groups is 1. The van der Waals surface area contributed by atoms with Crippen LogP contribution in [0.2, 0.25) is 0 Å². The molecule has 0 spiro atoms. The van der Waals surface area contributed by atoms with Crippen molar-refractivity contribution < 1.29 is 9.90 Å². The Bertz CT molecular complexity index is 652. The van der Waals surface area contributed by atoms with Crippen LogP contribution in [-0.2, 0) is 0 Å². The minimum absolute atomic E-state index is 0.166. The van der Waals surface area contributed by atoms with Crippen LogP contribution >= 0.6 is 0 Å². The van der Waals surface area contributed by atoms with Crippen LogP contribution in [0, 0.1) is 17.8 Å². The molecule has 1 aromatic rings. The van der Waals surface area contributed by atoms with Gasteiger partial charge < -0.3 is 15.4 Å². The fourth-order valence-corrected chi connectivity index (χ4v) is 4.05. The highest BCUT2D eigenvalue weighted by Crippen LogP contribution is 2.49. The number of aromatic amines is 1. The summed E-state index contributed by atoms with van der Waals surface area (Å²) in [6, 6.07) is 1.45. The van der Waals surface area contributed by atoms with Gasteiger partial charge >= 0.3 is 0 Å². The Balaban J connectivity index is 1.44. The first-order chi connectivity index (χ1) is 10.6. The summed E-state index contributed by atoms with van der Waals surface area (Å²) in [7, 11) is 0. The Morgan fingerprint density at radius 2 is 2.18 bits per heavy atom. The standard InChI is InChI=1S/C16H21N3O3/c20-7-8-3-10-5-12(11(10)4-8)18-16(22)13-6-14(21)19-15(17-13)9-1-2-9/h6,8-12,20H,1-5,7H2,(H,18,22)(H,17,19,21)/t8?,10-,11-,12+/m1/s1. The molecule has 0 saturated heterocycles. The van der Waals surface area contributed by atoms with Gasteiger partial charge in [0, 0.05) is 24.6 Å². The molecule has 1 amide bonds. The molecule has 3 fully saturated rings. The largest absolute Gasteiger partial charge is 0.396 e. The van der Waals surface area contributed by atoms with Crippen molar-refractivity contribution in [2.24, 2.45) is 17.8 Å². The van der Waals surface area contributed by atoms with Gasteiger partial charge in [-0.15, -0.1) is 0 Å². The van der Waals surface area contributed by atoms with Crippen molar-refractivity contribution in [3.8, 4) is 0 Å². The van der Waals surface area contributed by atoms with E-state index >= 15 is 0 Å². The highest BCUT2D eigenvalue weighted by molar-refractivity contribution is 5.92. The molecule has 1 heterocycles. The molecule has 0 aromatic carbocycles. The molecule has 1 aromatic heterocycles. The Morgan fingerprint density at radius 3 is 2.91 bits per heavy atom. The zero-order valence-electron chi connectivity index (χ0n) is 12.4. The number of aromatic nitrogens is 2. The number of hydrogen-bond acceptors (Lipinski definition) is 4. The lowest BCUT2D eigenvalue weighted by atomic mass is 9.71. The molecule has 3 aliphatic rings. The van der Waals surface area contributed by atoms with E-state index in [4.69, 9.17) is 0 Å². The van der Waals surface area contributed by atoms with E-state index in [2.05, 4.69) is 15.3 Å². The lowest BCUT2D eigenvalue weighted by Gasteiger charge is -2.40. The van der Waals surface area contributed by atoms with E-state index in [-0.39, 0.29) is 29.8 Å². The number of aliphatic hydroxyl groups excluding tert-OH is 1. The molecule has 118 valence electrons. The average Bonchev–Trinajstić information content (AvgIpc) is 3.28. The molecule has 22 heavy (non-hydrogen) atoms. The quantitative estimate of drug-likeness (QED) is 0.766. The zero-order chi connectivity index (χ0) is 15.3. The van der Waals surface area contributed by atoms with Crippen molar-refractivity contribution in [1.82, 2.24) is 15.3 Å². The van der Waals surface area contributed by atoms with Crippen molar-refractivity contribution in [1.29, 1.82) is 0 Å². The highest BCUT2D eigenvalue weighted by atomic mass is 16.3. The van der Waals surface area contributed by atoms with Crippen molar-refractivity contribution >= 4 is 5.91 Å². The molecule has 0 radical (unpaired) electrons. The summed E-state index contributed by atoms with van der Waals surface area (Å²) in [5, 5.41) is 12.3. The summed E-state index contributed by atoms with van der Waals surface area (Å²) in [6.45, 7) is 0.244. The Kier molecular flexibility index (Phi) is 3.29. The summed E-state index contributed by atoms with van der Waals surface area (Å²) >= 11 is 0. The fourth-order valence-electron chi connectivity index (χ4n) is 4.05. The van der Waals surface area contributed by atoms with Crippen molar-refractivity contribution in [2.75, 3.05) is 6.61 Å². The van der Waals surface area contributed by atoms with Crippen LogP contribution < -0.4 is 10.9 Å². The summed E-state index contributed by atoms with van der Waals surface area (Å²) in [6.07, 6.45) is 5.10. The molecule has 3 N–H and O–H groups in total. The molecule has 0 aliphatic heterocycles. The van der Waals surface area contributed by atoms with Crippen LogP contribution in [-0.4, -0.2) is 33.6 Å². The van der Waals surface area contributed by atoms with Crippen molar-refractivity contribution in [2.45, 2.75) is 44.1 Å². The third-order valence-corrected chi connectivity index (χ3v) is 5.45. The second-order valence-corrected chi connectivity index (χ2v) is 7.05. The second-order valence-electron chi connectivity index (χ2n) is 7.05. The van der Waals surface area contributed by atoms with E-state index in [9.17, 15) is 14.7 Å². The van der Waals surface area contributed by atoms with Crippen LogP contribution in [0.5, 0.6) is 0 Å². The van der Waals surface area contributed by atoms with E-state index in [0.717, 1.165) is 32.1 Å². The van der Waals surface area contributed by atoms with Gasteiger partial charge in [0.2, 0.25) is 0 Å². The van der Waals surface area contributed by atoms with Crippen molar-refractivity contribution in [3.63, 3.8) is 0 Å². The normalized spacial score (nSPS) is 33.1. The molecular formula is C16H21N3O3. The lowest BCUT2D eigenvalue weighted by molar-refractivity contribution is 0.0801. The first kappa shape index (κ1) is 13.9. The number of nitrogens with zero attached hydrogens (tertiary/aromatic N) is 1. The third kappa shape index (κ3) is 2.45. The maximum Gasteiger partial charge on any atom is 0.270 e. The molecule has 3 saturated carbocycles. The van der Waals surface area contributed by atoms with E-state index in [0.29, 0.717) is 29.5 Å². The van der Waals surface area contributed by atoms with Gasteiger partial charge in [-0.25, -0.2) is 4.98 Å². The van der Waals surface area contributed by atoms with Crippen LogP contribution in [0.4, 0.5) is 0 Å². The monoisotopic (exact) mass is 303 g/mol. The van der Waals surface area contributed by atoms with Gasteiger partial charge in [-0.05, 0) is 49.9 Å². The number of nitrogens with one attached hydrogen (secondary N) is 2. The van der Waals surface area contributed by atoms with Gasteiger partial charge in [0.15, 0.2) is 0 Å². The summed E-state index contributed by atoms with van der Waals surface area (Å²) < 4.78 is 0. The summed E-state index contributed by atoms with van der Waals surface area (Å²) in [5.74, 6) is 2.21.